The first-order valence-electron chi connectivity index (χ1n) is 9.31. The minimum Gasteiger partial charge on any atom is -0.349 e. The van der Waals surface area contributed by atoms with Gasteiger partial charge in [-0.15, -0.1) is 0 Å². The molecule has 3 fully saturated rings. The van der Waals surface area contributed by atoms with Crippen molar-refractivity contribution in [3.05, 3.63) is 27.9 Å². The fraction of sp³-hybridized carbons (Fsp3) is 0.667. The molecule has 7 heteroatoms. The maximum Gasteiger partial charge on any atom is 0.293 e. The van der Waals surface area contributed by atoms with E-state index in [0.29, 0.717) is 17.3 Å². The van der Waals surface area contributed by atoms with E-state index in [9.17, 15) is 9.59 Å². The number of fused-ring (bicyclic) bond motifs is 3. The number of nitrogens with one attached hydrogen (secondary N) is 1. The normalized spacial score (nSPS) is 28.0. The fourth-order valence-corrected chi connectivity index (χ4v) is 4.72. The van der Waals surface area contributed by atoms with Crippen molar-refractivity contribution >= 4 is 11.4 Å². The van der Waals surface area contributed by atoms with Crippen LogP contribution in [0.3, 0.4) is 0 Å². The molecule has 2 aromatic heterocycles. The van der Waals surface area contributed by atoms with Crippen LogP contribution < -0.4 is 10.9 Å². The van der Waals surface area contributed by atoms with Gasteiger partial charge in [-0.25, -0.2) is 9.20 Å². The molecule has 0 aromatic carbocycles. The van der Waals surface area contributed by atoms with E-state index in [1.807, 2.05) is 13.0 Å². The van der Waals surface area contributed by atoms with Crippen LogP contribution in [-0.4, -0.2) is 30.8 Å². The van der Waals surface area contributed by atoms with Gasteiger partial charge in [-0.3, -0.25) is 9.59 Å². The van der Waals surface area contributed by atoms with Crippen molar-refractivity contribution in [1.82, 2.24) is 24.7 Å². The Morgan fingerprint density at radius 2 is 2.04 bits per heavy atom. The lowest BCUT2D eigenvalue weighted by molar-refractivity contribution is -0.123. The predicted molar refractivity (Wildman–Crippen MR) is 91.4 cm³/mol. The van der Waals surface area contributed by atoms with Crippen LogP contribution in [0.15, 0.2) is 10.9 Å². The summed E-state index contributed by atoms with van der Waals surface area (Å²) in [5.74, 6) is 1.77. The molecule has 0 radical (unpaired) electrons. The van der Waals surface area contributed by atoms with Crippen molar-refractivity contribution in [2.75, 3.05) is 0 Å². The molecule has 0 aliphatic heterocycles. The second-order valence-corrected chi connectivity index (χ2v) is 8.13. The van der Waals surface area contributed by atoms with Crippen LogP contribution >= 0.6 is 0 Å². The summed E-state index contributed by atoms with van der Waals surface area (Å²) in [7, 11) is 0. The quantitative estimate of drug-likeness (QED) is 0.914. The molecule has 3 saturated carbocycles. The smallest absolute Gasteiger partial charge is 0.293 e. The van der Waals surface area contributed by atoms with E-state index in [1.165, 1.54) is 17.5 Å². The van der Waals surface area contributed by atoms with Crippen molar-refractivity contribution in [2.45, 2.75) is 69.9 Å². The average Bonchev–Trinajstić information content (AvgIpc) is 3.04. The SMILES string of the molecule is Cc1nn(CC(=O)N[C@]23CC[C@H](CC2)C3)c(=O)c2cc(C3CC3)nn12. The van der Waals surface area contributed by atoms with Gasteiger partial charge in [0.25, 0.3) is 5.56 Å². The van der Waals surface area contributed by atoms with Gasteiger partial charge < -0.3 is 5.32 Å². The van der Waals surface area contributed by atoms with Crippen LogP contribution in [0.2, 0.25) is 0 Å². The molecule has 0 unspecified atom stereocenters. The van der Waals surface area contributed by atoms with Gasteiger partial charge in [0.1, 0.15) is 17.9 Å². The number of aryl methyl sites for hydroxylation is 1. The molecule has 3 aliphatic rings. The van der Waals surface area contributed by atoms with E-state index < -0.39 is 0 Å². The molecular formula is C18H23N5O2. The third-order valence-electron chi connectivity index (χ3n) is 6.19. The summed E-state index contributed by atoms with van der Waals surface area (Å²) in [5.41, 5.74) is 1.21. The minimum absolute atomic E-state index is 0.0213. The van der Waals surface area contributed by atoms with E-state index >= 15 is 0 Å². The molecule has 7 nitrogen and oxygen atoms in total. The van der Waals surface area contributed by atoms with Crippen LogP contribution in [-0.2, 0) is 11.3 Å². The highest BCUT2D eigenvalue weighted by atomic mass is 16.2. The van der Waals surface area contributed by atoms with Crippen molar-refractivity contribution in [1.29, 1.82) is 0 Å². The molecule has 132 valence electrons. The summed E-state index contributed by atoms with van der Waals surface area (Å²) in [5, 5.41) is 12.0. The molecule has 0 spiro atoms. The largest absolute Gasteiger partial charge is 0.349 e. The maximum atomic E-state index is 12.7. The van der Waals surface area contributed by atoms with Gasteiger partial charge >= 0.3 is 0 Å². The number of hydrogen-bond donors (Lipinski definition) is 1. The molecule has 2 heterocycles. The summed E-state index contributed by atoms with van der Waals surface area (Å²) < 4.78 is 2.90. The Morgan fingerprint density at radius 3 is 2.68 bits per heavy atom. The number of amides is 1. The number of aromatic nitrogens is 4. The van der Waals surface area contributed by atoms with Crippen molar-refractivity contribution in [3.63, 3.8) is 0 Å². The van der Waals surface area contributed by atoms with Crippen LogP contribution in [0.5, 0.6) is 0 Å². The lowest BCUT2D eigenvalue weighted by atomic mass is 9.94. The highest BCUT2D eigenvalue weighted by Gasteiger charge is 2.45. The first kappa shape index (κ1) is 15.1. The minimum atomic E-state index is -0.242. The monoisotopic (exact) mass is 341 g/mol. The number of nitrogens with zero attached hydrogens (tertiary/aromatic N) is 4. The first-order chi connectivity index (χ1) is 12.0. The third-order valence-corrected chi connectivity index (χ3v) is 6.19. The van der Waals surface area contributed by atoms with Gasteiger partial charge in [-0.1, -0.05) is 0 Å². The molecule has 5 rings (SSSR count). The summed E-state index contributed by atoms with van der Waals surface area (Å²) in [4.78, 5) is 25.3. The Labute approximate surface area is 145 Å². The molecular weight excluding hydrogens is 318 g/mol. The van der Waals surface area contributed by atoms with Crippen molar-refractivity contribution in [2.24, 2.45) is 5.92 Å². The summed E-state index contributed by atoms with van der Waals surface area (Å²) >= 11 is 0. The van der Waals surface area contributed by atoms with Crippen molar-refractivity contribution < 1.29 is 4.79 Å². The van der Waals surface area contributed by atoms with Gasteiger partial charge in [-0.2, -0.15) is 10.2 Å². The number of rotatable bonds is 4. The fourth-order valence-electron chi connectivity index (χ4n) is 4.72. The van der Waals surface area contributed by atoms with Gasteiger partial charge in [-0.05, 0) is 63.9 Å². The van der Waals surface area contributed by atoms with Gasteiger partial charge in [0, 0.05) is 11.5 Å². The number of carbonyl (C=O) groups excluding carboxylic acids is 1. The van der Waals surface area contributed by atoms with Crippen LogP contribution in [0.25, 0.3) is 5.52 Å². The summed E-state index contributed by atoms with van der Waals surface area (Å²) in [6, 6.07) is 1.86. The zero-order valence-corrected chi connectivity index (χ0v) is 14.5. The lowest BCUT2D eigenvalue weighted by Gasteiger charge is -2.28. The van der Waals surface area contributed by atoms with Crippen LogP contribution in [0.4, 0.5) is 0 Å². The van der Waals surface area contributed by atoms with E-state index in [0.717, 1.165) is 43.7 Å². The lowest BCUT2D eigenvalue weighted by Crippen LogP contribution is -2.47. The second-order valence-electron chi connectivity index (χ2n) is 8.13. The molecule has 1 amide bonds. The molecule has 2 aromatic rings. The van der Waals surface area contributed by atoms with Crippen LogP contribution in [0.1, 0.15) is 62.4 Å². The molecule has 0 saturated heterocycles. The number of hydrogen-bond acceptors (Lipinski definition) is 4. The highest BCUT2D eigenvalue weighted by molar-refractivity contribution is 5.76. The second kappa shape index (κ2) is 5.16. The first-order valence-corrected chi connectivity index (χ1v) is 9.31. The zero-order chi connectivity index (χ0) is 17.2. The molecule has 0 atom stereocenters. The van der Waals surface area contributed by atoms with Crippen LogP contribution in [0, 0.1) is 12.8 Å². The van der Waals surface area contributed by atoms with E-state index in [2.05, 4.69) is 15.5 Å². The summed E-state index contributed by atoms with van der Waals surface area (Å²) in [6.45, 7) is 1.80. The third kappa shape index (κ3) is 2.48. The Kier molecular flexibility index (Phi) is 3.12. The topological polar surface area (TPSA) is 81.3 Å². The highest BCUT2D eigenvalue weighted by Crippen LogP contribution is 2.47. The predicted octanol–water partition coefficient (Wildman–Crippen LogP) is 1.53. The average molecular weight is 341 g/mol. The van der Waals surface area contributed by atoms with Crippen molar-refractivity contribution in [3.8, 4) is 0 Å². The maximum absolute atomic E-state index is 12.7. The molecule has 2 bridgehead atoms. The van der Waals surface area contributed by atoms with Gasteiger partial charge in [0.2, 0.25) is 5.91 Å². The van der Waals surface area contributed by atoms with E-state index in [1.54, 1.807) is 4.52 Å². The molecule has 25 heavy (non-hydrogen) atoms. The molecule has 3 aliphatic carbocycles. The number of carbonyl (C=O) groups is 1. The Balaban J connectivity index is 1.41. The Bertz CT molecular complexity index is 915. The Morgan fingerprint density at radius 1 is 1.28 bits per heavy atom. The van der Waals surface area contributed by atoms with Gasteiger partial charge in [0.15, 0.2) is 0 Å². The Hall–Kier alpha value is -2.18. The standard InChI is InChI=1S/C18H23N5O2/c1-11-20-22(10-16(24)19-18-6-4-12(9-18)5-7-18)17(25)15-8-14(13-2-3-13)21-23(11)15/h8,12-13H,2-7,9-10H2,1H3,(H,19,24)/t12-,18-. The van der Waals surface area contributed by atoms with E-state index in [4.69, 9.17) is 0 Å². The van der Waals surface area contributed by atoms with Gasteiger partial charge in [0.05, 0.1) is 5.69 Å². The zero-order valence-electron chi connectivity index (χ0n) is 14.5. The van der Waals surface area contributed by atoms with E-state index in [-0.39, 0.29) is 23.6 Å². The summed E-state index contributed by atoms with van der Waals surface area (Å²) in [6.07, 6.45) is 7.92. The molecule has 1 N–H and O–H groups in total.